The molecule has 138 valence electrons. The topological polar surface area (TPSA) is 137 Å². The number of ether oxygens (including phenoxy) is 1. The zero-order valence-electron chi connectivity index (χ0n) is 14.1. The van der Waals surface area contributed by atoms with Crippen LogP contribution in [-0.4, -0.2) is 64.1 Å². The van der Waals surface area contributed by atoms with Gasteiger partial charge in [0.25, 0.3) is 5.91 Å². The fraction of sp³-hybridized carbons (Fsp3) is 0.375. The summed E-state index contributed by atoms with van der Waals surface area (Å²) in [6.07, 6.45) is 1.000. The number of carbonyl (C=O) groups is 3. The van der Waals surface area contributed by atoms with E-state index >= 15 is 0 Å². The van der Waals surface area contributed by atoms with Gasteiger partial charge < -0.3 is 25.5 Å². The fourth-order valence-corrected chi connectivity index (χ4v) is 2.77. The van der Waals surface area contributed by atoms with Gasteiger partial charge in [-0.05, 0) is 25.0 Å². The number of aromatic amines is 1. The van der Waals surface area contributed by atoms with Crippen molar-refractivity contribution >= 4 is 34.9 Å². The number of carbonyl (C=O) groups excluding carboxylic acids is 2. The number of aromatic nitrogens is 2. The second kappa shape index (κ2) is 7.30. The number of aliphatic carboxylic acids is 1. The Hall–Kier alpha value is -3.30. The summed E-state index contributed by atoms with van der Waals surface area (Å²) in [5, 5.41) is 14.4. The van der Waals surface area contributed by atoms with Gasteiger partial charge in [0.2, 0.25) is 5.95 Å². The molecule has 0 spiro atoms. The van der Waals surface area contributed by atoms with Crippen molar-refractivity contribution in [1.82, 2.24) is 20.2 Å². The first kappa shape index (κ1) is 17.5. The number of imide groups is 1. The lowest BCUT2D eigenvalue weighted by Gasteiger charge is -2.10. The number of carboxylic acids is 1. The standard InChI is InChI=1S/C16H19N5O5/c1-26-9-4-5-10-12(7-9)19-15(18-10)17-6-2-3-11-14(24)21(8-13(22)23)16(25)20-11/h4-5,7,11H,2-3,6,8H2,1H3,(H,20,25)(H,22,23)(H2,17,18,19)/t11-/m0/s1. The molecular weight excluding hydrogens is 342 g/mol. The molecule has 0 aliphatic carbocycles. The van der Waals surface area contributed by atoms with Crippen molar-refractivity contribution in [3.63, 3.8) is 0 Å². The van der Waals surface area contributed by atoms with Crippen molar-refractivity contribution in [1.29, 1.82) is 0 Å². The van der Waals surface area contributed by atoms with Crippen molar-refractivity contribution in [3.05, 3.63) is 18.2 Å². The Bertz CT molecular complexity index is 849. The molecule has 0 bridgehead atoms. The third kappa shape index (κ3) is 3.68. The summed E-state index contributed by atoms with van der Waals surface area (Å²) in [6.45, 7) is -0.0859. The third-order valence-electron chi connectivity index (χ3n) is 4.05. The zero-order valence-corrected chi connectivity index (χ0v) is 14.1. The van der Waals surface area contributed by atoms with Crippen LogP contribution in [0.5, 0.6) is 5.75 Å². The summed E-state index contributed by atoms with van der Waals surface area (Å²) in [5.41, 5.74) is 1.64. The molecule has 1 aliphatic heterocycles. The van der Waals surface area contributed by atoms with Crippen LogP contribution < -0.4 is 15.4 Å². The van der Waals surface area contributed by atoms with Gasteiger partial charge in [0.05, 0.1) is 18.1 Å². The number of benzene rings is 1. The van der Waals surface area contributed by atoms with Crippen molar-refractivity contribution in [2.24, 2.45) is 0 Å². The molecule has 1 aliphatic rings. The van der Waals surface area contributed by atoms with Crippen LogP contribution in [-0.2, 0) is 9.59 Å². The highest BCUT2D eigenvalue weighted by molar-refractivity contribution is 6.05. The fourth-order valence-electron chi connectivity index (χ4n) is 2.77. The molecule has 10 nitrogen and oxygen atoms in total. The number of fused-ring (bicyclic) bond motifs is 1. The maximum absolute atomic E-state index is 12.0. The Balaban J connectivity index is 1.49. The van der Waals surface area contributed by atoms with Gasteiger partial charge in [-0.1, -0.05) is 0 Å². The molecule has 26 heavy (non-hydrogen) atoms. The molecule has 1 saturated heterocycles. The summed E-state index contributed by atoms with van der Waals surface area (Å²) >= 11 is 0. The number of urea groups is 1. The number of H-pyrrole nitrogens is 1. The van der Waals surface area contributed by atoms with E-state index in [1.165, 1.54) is 0 Å². The van der Waals surface area contributed by atoms with Crippen LogP contribution >= 0.6 is 0 Å². The summed E-state index contributed by atoms with van der Waals surface area (Å²) in [5.74, 6) is -0.401. The van der Waals surface area contributed by atoms with Crippen molar-refractivity contribution in [2.45, 2.75) is 18.9 Å². The monoisotopic (exact) mass is 361 g/mol. The molecule has 0 saturated carbocycles. The molecular formula is C16H19N5O5. The Morgan fingerprint density at radius 1 is 1.42 bits per heavy atom. The molecule has 10 heteroatoms. The van der Waals surface area contributed by atoms with Gasteiger partial charge in [0.15, 0.2) is 0 Å². The molecule has 1 atom stereocenters. The quantitative estimate of drug-likeness (QED) is 0.402. The SMILES string of the molecule is COc1ccc2nc(NCCC[C@@H]3NC(=O)N(CC(=O)O)C3=O)[nH]c2c1. The Morgan fingerprint density at radius 3 is 2.96 bits per heavy atom. The summed E-state index contributed by atoms with van der Waals surface area (Å²) in [6, 6.07) is 4.16. The van der Waals surface area contributed by atoms with E-state index in [1.54, 1.807) is 7.11 Å². The molecule has 3 rings (SSSR count). The van der Waals surface area contributed by atoms with Crippen LogP contribution in [0.2, 0.25) is 0 Å². The molecule has 0 radical (unpaired) electrons. The molecule has 1 aromatic carbocycles. The number of methoxy groups -OCH3 is 1. The van der Waals surface area contributed by atoms with E-state index in [2.05, 4.69) is 20.6 Å². The lowest BCUT2D eigenvalue weighted by atomic mass is 10.1. The second-order valence-corrected chi connectivity index (χ2v) is 5.86. The Morgan fingerprint density at radius 2 is 2.23 bits per heavy atom. The average Bonchev–Trinajstić information content (AvgIpc) is 3.13. The number of hydrogen-bond acceptors (Lipinski definition) is 6. The zero-order chi connectivity index (χ0) is 18.7. The van der Waals surface area contributed by atoms with Crippen LogP contribution in [0.4, 0.5) is 10.7 Å². The smallest absolute Gasteiger partial charge is 0.325 e. The van der Waals surface area contributed by atoms with Crippen LogP contribution in [0, 0.1) is 0 Å². The Kier molecular flexibility index (Phi) is 4.92. The number of imidazole rings is 1. The number of nitrogens with one attached hydrogen (secondary N) is 3. The predicted octanol–water partition coefficient (Wildman–Crippen LogP) is 0.769. The number of rotatable bonds is 8. The normalized spacial score (nSPS) is 16.8. The van der Waals surface area contributed by atoms with Gasteiger partial charge in [0.1, 0.15) is 18.3 Å². The number of hydrogen-bond donors (Lipinski definition) is 4. The van der Waals surface area contributed by atoms with Crippen molar-refractivity contribution < 1.29 is 24.2 Å². The van der Waals surface area contributed by atoms with E-state index in [-0.39, 0.29) is 0 Å². The second-order valence-electron chi connectivity index (χ2n) is 5.86. The number of carboxylic acid groups (broad SMARTS) is 1. The third-order valence-corrected chi connectivity index (χ3v) is 4.05. The maximum atomic E-state index is 12.0. The van der Waals surface area contributed by atoms with Gasteiger partial charge >= 0.3 is 12.0 Å². The predicted molar refractivity (Wildman–Crippen MR) is 92.0 cm³/mol. The maximum Gasteiger partial charge on any atom is 0.325 e. The highest BCUT2D eigenvalue weighted by Gasteiger charge is 2.38. The first-order valence-corrected chi connectivity index (χ1v) is 8.09. The largest absolute Gasteiger partial charge is 0.497 e. The number of nitrogens with zero attached hydrogens (tertiary/aromatic N) is 2. The van der Waals surface area contributed by atoms with E-state index in [0.717, 1.165) is 16.8 Å². The van der Waals surface area contributed by atoms with Crippen molar-refractivity contribution in [2.75, 3.05) is 25.5 Å². The molecule has 0 unspecified atom stereocenters. The minimum Gasteiger partial charge on any atom is -0.497 e. The first-order chi connectivity index (χ1) is 12.5. The van der Waals surface area contributed by atoms with Gasteiger partial charge in [-0.25, -0.2) is 9.78 Å². The summed E-state index contributed by atoms with van der Waals surface area (Å²) < 4.78 is 5.16. The number of amides is 3. The van der Waals surface area contributed by atoms with Gasteiger partial charge in [-0.2, -0.15) is 0 Å². The van der Waals surface area contributed by atoms with Gasteiger partial charge in [-0.3, -0.25) is 14.5 Å². The molecule has 2 heterocycles. The lowest BCUT2D eigenvalue weighted by Crippen LogP contribution is -2.36. The summed E-state index contributed by atoms with van der Waals surface area (Å²) in [7, 11) is 1.59. The highest BCUT2D eigenvalue weighted by atomic mass is 16.5. The van der Waals surface area contributed by atoms with E-state index in [9.17, 15) is 14.4 Å². The van der Waals surface area contributed by atoms with Gasteiger partial charge in [-0.15, -0.1) is 0 Å². The van der Waals surface area contributed by atoms with E-state index in [1.807, 2.05) is 18.2 Å². The van der Waals surface area contributed by atoms with E-state index < -0.39 is 30.5 Å². The van der Waals surface area contributed by atoms with Gasteiger partial charge in [0, 0.05) is 12.6 Å². The van der Waals surface area contributed by atoms with Crippen LogP contribution in [0.3, 0.4) is 0 Å². The number of anilines is 1. The van der Waals surface area contributed by atoms with Crippen LogP contribution in [0.15, 0.2) is 18.2 Å². The van der Waals surface area contributed by atoms with E-state index in [4.69, 9.17) is 9.84 Å². The molecule has 3 amide bonds. The summed E-state index contributed by atoms with van der Waals surface area (Å²) in [4.78, 5) is 42.6. The molecule has 1 aromatic heterocycles. The lowest BCUT2D eigenvalue weighted by molar-refractivity contribution is -0.141. The molecule has 2 aromatic rings. The average molecular weight is 361 g/mol. The molecule has 4 N–H and O–H groups in total. The van der Waals surface area contributed by atoms with Crippen LogP contribution in [0.25, 0.3) is 11.0 Å². The first-order valence-electron chi connectivity index (χ1n) is 8.09. The van der Waals surface area contributed by atoms with Crippen LogP contribution in [0.1, 0.15) is 12.8 Å². The molecule has 1 fully saturated rings. The highest BCUT2D eigenvalue weighted by Crippen LogP contribution is 2.20. The minimum absolute atomic E-state index is 0.405. The Labute approximate surface area is 148 Å². The minimum atomic E-state index is -1.22. The van der Waals surface area contributed by atoms with Crippen molar-refractivity contribution in [3.8, 4) is 5.75 Å². The van der Waals surface area contributed by atoms with E-state index in [0.29, 0.717) is 30.2 Å².